The zero-order valence-electron chi connectivity index (χ0n) is 14.5. The zero-order valence-corrected chi connectivity index (χ0v) is 14.5. The van der Waals surface area contributed by atoms with E-state index in [0.29, 0.717) is 16.3 Å². The molecule has 6 nitrogen and oxygen atoms in total. The second-order valence-electron chi connectivity index (χ2n) is 6.11. The fraction of sp³-hybridized carbons (Fsp3) is 0.100. The van der Waals surface area contributed by atoms with Crippen LogP contribution in [-0.4, -0.2) is 29.8 Å². The summed E-state index contributed by atoms with van der Waals surface area (Å²) in [5.74, 6) is -1.26. The Morgan fingerprint density at radius 3 is 2.27 bits per heavy atom. The lowest BCUT2D eigenvalue weighted by atomic mass is 10.1. The molecule has 0 atom stereocenters. The Morgan fingerprint density at radius 2 is 1.73 bits per heavy atom. The Labute approximate surface area is 149 Å². The van der Waals surface area contributed by atoms with Gasteiger partial charge in [0, 0.05) is 19.8 Å². The van der Waals surface area contributed by atoms with Gasteiger partial charge in [-0.25, -0.2) is 4.68 Å². The Hall–Kier alpha value is -3.54. The van der Waals surface area contributed by atoms with E-state index < -0.39 is 5.97 Å². The van der Waals surface area contributed by atoms with Crippen molar-refractivity contribution in [2.45, 2.75) is 0 Å². The highest BCUT2D eigenvalue weighted by molar-refractivity contribution is 5.85. The fourth-order valence-electron chi connectivity index (χ4n) is 2.61. The lowest BCUT2D eigenvalue weighted by Gasteiger charge is -2.11. The maximum absolute atomic E-state index is 12.7. The van der Waals surface area contributed by atoms with E-state index in [0.717, 1.165) is 11.3 Å². The molecule has 0 radical (unpaired) electrons. The van der Waals surface area contributed by atoms with E-state index in [1.54, 1.807) is 6.08 Å². The number of carbonyl (C=O) groups excluding carboxylic acids is 1. The minimum Gasteiger partial charge on any atom is -0.545 e. The first-order valence-electron chi connectivity index (χ1n) is 7.97. The van der Waals surface area contributed by atoms with Gasteiger partial charge in [0.05, 0.1) is 22.2 Å². The number of hydrogen-bond acceptors (Lipinski definition) is 4. The molecule has 1 heterocycles. The summed E-state index contributed by atoms with van der Waals surface area (Å²) in [6.45, 7) is 3.90. The van der Waals surface area contributed by atoms with E-state index in [2.05, 4.69) is 11.7 Å². The number of nitrogens with zero attached hydrogens (tertiary/aromatic N) is 2. The van der Waals surface area contributed by atoms with Gasteiger partial charge >= 0.3 is 0 Å². The van der Waals surface area contributed by atoms with Crippen LogP contribution in [0.3, 0.4) is 0 Å². The molecule has 1 aromatic heterocycles. The van der Waals surface area contributed by atoms with Gasteiger partial charge in [-0.3, -0.25) is 9.89 Å². The standard InChI is InChI=1S/C20H19N3O3/c1-13-18(12-14-4-8-16(9-5-14)22(2)3)19(24)23(21-13)17-10-6-15(7-11-17)20(25)26/h4-12,21H,1H2,2-3H3,(H,25,26)/p-1/b18-12+. The van der Waals surface area contributed by atoms with Crippen LogP contribution in [0.4, 0.5) is 5.69 Å². The molecular weight excluding hydrogens is 330 g/mol. The average Bonchev–Trinajstić information content (AvgIpc) is 2.90. The molecule has 132 valence electrons. The molecule has 1 N–H and O–H groups in total. The van der Waals surface area contributed by atoms with Crippen molar-refractivity contribution in [1.82, 2.24) is 9.78 Å². The van der Waals surface area contributed by atoms with Crippen molar-refractivity contribution in [2.75, 3.05) is 19.0 Å². The zero-order chi connectivity index (χ0) is 18.8. The molecule has 0 aliphatic carbocycles. The summed E-state index contributed by atoms with van der Waals surface area (Å²) in [5, 5.41) is 14.7. The lowest BCUT2D eigenvalue weighted by Crippen LogP contribution is -2.34. The number of carbonyl (C=O) groups is 1. The average molecular weight is 348 g/mol. The topological polar surface area (TPSA) is 81.2 Å². The molecule has 2 aromatic carbocycles. The van der Waals surface area contributed by atoms with Gasteiger partial charge in [0.25, 0.3) is 5.56 Å². The first kappa shape index (κ1) is 17.3. The number of anilines is 1. The number of carboxylic acid groups (broad SMARTS) is 1. The van der Waals surface area contributed by atoms with E-state index in [9.17, 15) is 14.7 Å². The Kier molecular flexibility index (Phi) is 4.49. The number of aromatic nitrogens is 2. The van der Waals surface area contributed by atoms with Crippen LogP contribution >= 0.6 is 0 Å². The third-order valence-corrected chi connectivity index (χ3v) is 4.09. The third kappa shape index (κ3) is 3.30. The third-order valence-electron chi connectivity index (χ3n) is 4.09. The minimum absolute atomic E-state index is 0.0518. The normalized spacial score (nSPS) is 11.5. The summed E-state index contributed by atoms with van der Waals surface area (Å²) in [6, 6.07) is 13.7. The first-order chi connectivity index (χ1) is 12.4. The predicted octanol–water partition coefficient (Wildman–Crippen LogP) is -0.166. The van der Waals surface area contributed by atoms with E-state index in [1.165, 1.54) is 28.9 Å². The maximum Gasteiger partial charge on any atom is 0.279 e. The molecule has 26 heavy (non-hydrogen) atoms. The van der Waals surface area contributed by atoms with Crippen molar-refractivity contribution in [3.8, 4) is 5.69 Å². The van der Waals surface area contributed by atoms with Crippen molar-refractivity contribution in [3.05, 3.63) is 80.6 Å². The molecule has 3 rings (SSSR count). The molecule has 0 aliphatic rings. The van der Waals surface area contributed by atoms with Crippen molar-refractivity contribution in [2.24, 2.45) is 0 Å². The molecule has 0 spiro atoms. The number of rotatable bonds is 4. The number of carboxylic acids is 1. The van der Waals surface area contributed by atoms with Crippen LogP contribution in [0.5, 0.6) is 0 Å². The molecule has 0 saturated carbocycles. The highest BCUT2D eigenvalue weighted by Gasteiger charge is 2.05. The van der Waals surface area contributed by atoms with E-state index in [-0.39, 0.29) is 11.1 Å². The number of nitrogens with one attached hydrogen (secondary N) is 1. The van der Waals surface area contributed by atoms with Crippen LogP contribution in [0.15, 0.2) is 53.3 Å². The van der Waals surface area contributed by atoms with E-state index >= 15 is 0 Å². The molecule has 0 unspecified atom stereocenters. The summed E-state index contributed by atoms with van der Waals surface area (Å²) in [6.07, 6.45) is 1.77. The van der Waals surface area contributed by atoms with E-state index in [1.807, 2.05) is 43.3 Å². The van der Waals surface area contributed by atoms with Gasteiger partial charge in [0.2, 0.25) is 0 Å². The summed E-state index contributed by atoms with van der Waals surface area (Å²) < 4.78 is 1.33. The summed E-state index contributed by atoms with van der Waals surface area (Å²) in [4.78, 5) is 25.5. The van der Waals surface area contributed by atoms with Gasteiger partial charge in [-0.15, -0.1) is 0 Å². The molecular formula is C20H18N3O3-. The van der Waals surface area contributed by atoms with Crippen LogP contribution in [-0.2, 0) is 0 Å². The summed E-state index contributed by atoms with van der Waals surface area (Å²) in [7, 11) is 3.92. The maximum atomic E-state index is 12.7. The Bertz CT molecular complexity index is 1110. The van der Waals surface area contributed by atoms with Gasteiger partial charge in [-0.2, -0.15) is 0 Å². The number of hydrogen-bond donors (Lipinski definition) is 1. The molecule has 6 heteroatoms. The largest absolute Gasteiger partial charge is 0.545 e. The SMILES string of the molecule is C=c1[nH]n(-c2ccc(C(=O)[O-])cc2)c(=O)/c1=C/c1ccc(N(C)C)cc1. The van der Waals surface area contributed by atoms with Gasteiger partial charge in [0.1, 0.15) is 0 Å². The monoisotopic (exact) mass is 348 g/mol. The van der Waals surface area contributed by atoms with Gasteiger partial charge in [-0.1, -0.05) is 30.8 Å². The van der Waals surface area contributed by atoms with Crippen LogP contribution in [0.1, 0.15) is 15.9 Å². The highest BCUT2D eigenvalue weighted by Crippen LogP contribution is 2.12. The van der Waals surface area contributed by atoms with Crippen LogP contribution < -0.4 is 26.1 Å². The molecule has 0 fully saturated rings. The van der Waals surface area contributed by atoms with Crippen LogP contribution in [0.25, 0.3) is 18.3 Å². The lowest BCUT2D eigenvalue weighted by molar-refractivity contribution is -0.255. The van der Waals surface area contributed by atoms with Crippen molar-refractivity contribution in [1.29, 1.82) is 0 Å². The van der Waals surface area contributed by atoms with Crippen LogP contribution in [0, 0.1) is 0 Å². The van der Waals surface area contributed by atoms with Crippen LogP contribution in [0.2, 0.25) is 0 Å². The van der Waals surface area contributed by atoms with Crippen molar-refractivity contribution < 1.29 is 9.90 Å². The smallest absolute Gasteiger partial charge is 0.279 e. The van der Waals surface area contributed by atoms with Crippen molar-refractivity contribution >= 4 is 24.3 Å². The minimum atomic E-state index is -1.26. The van der Waals surface area contributed by atoms with Gasteiger partial charge in [-0.05, 0) is 41.5 Å². The van der Waals surface area contributed by atoms with Gasteiger partial charge < -0.3 is 14.8 Å². The first-order valence-corrected chi connectivity index (χ1v) is 7.97. The Morgan fingerprint density at radius 1 is 1.12 bits per heavy atom. The number of aromatic amines is 1. The fourth-order valence-corrected chi connectivity index (χ4v) is 2.61. The molecule has 0 aliphatic heterocycles. The molecule has 0 saturated heterocycles. The highest BCUT2D eigenvalue weighted by atomic mass is 16.4. The summed E-state index contributed by atoms with van der Waals surface area (Å²) >= 11 is 0. The molecule has 3 aromatic rings. The second kappa shape index (κ2) is 6.76. The number of H-pyrrole nitrogens is 1. The number of benzene rings is 2. The second-order valence-corrected chi connectivity index (χ2v) is 6.11. The summed E-state index contributed by atoms with van der Waals surface area (Å²) in [5.41, 5.74) is 2.27. The quantitative estimate of drug-likeness (QED) is 0.710. The molecule has 0 bridgehead atoms. The Balaban J connectivity index is 2.04. The van der Waals surface area contributed by atoms with E-state index in [4.69, 9.17) is 0 Å². The number of aromatic carboxylic acids is 1. The predicted molar refractivity (Wildman–Crippen MR) is 99.8 cm³/mol. The molecule has 0 amide bonds. The van der Waals surface area contributed by atoms with Gasteiger partial charge in [0.15, 0.2) is 0 Å². The van der Waals surface area contributed by atoms with Crippen molar-refractivity contribution in [3.63, 3.8) is 0 Å².